The van der Waals surface area contributed by atoms with Gasteiger partial charge in [0.25, 0.3) is 0 Å². The molecule has 0 radical (unpaired) electrons. The van der Waals surface area contributed by atoms with Crippen LogP contribution in [0.3, 0.4) is 0 Å². The Morgan fingerprint density at radius 3 is 2.86 bits per heavy atom. The van der Waals surface area contributed by atoms with Gasteiger partial charge in [0.2, 0.25) is 0 Å². The van der Waals surface area contributed by atoms with Crippen LogP contribution in [0.5, 0.6) is 0 Å². The summed E-state index contributed by atoms with van der Waals surface area (Å²) in [4.78, 5) is 4.09. The summed E-state index contributed by atoms with van der Waals surface area (Å²) in [6.45, 7) is 0. The Balaban J connectivity index is 2.89. The fourth-order valence-electron chi connectivity index (χ4n) is 1.31. The average molecular weight is 204 g/mol. The van der Waals surface area contributed by atoms with E-state index in [1.54, 1.807) is 24.3 Å². The minimum atomic E-state index is 0.330. The highest BCUT2D eigenvalue weighted by Gasteiger charge is 2.03. The Hall–Kier alpha value is -1.79. The fraction of sp³-hybridized carbons (Fsp3) is 0. The molecule has 4 heteroatoms. The van der Waals surface area contributed by atoms with Gasteiger partial charge in [-0.15, -0.1) is 0 Å². The molecule has 1 heterocycles. The molecule has 0 spiro atoms. The molecule has 0 unspecified atom stereocenters. The summed E-state index contributed by atoms with van der Waals surface area (Å²) in [5, 5.41) is 10.2. The van der Waals surface area contributed by atoms with Crippen LogP contribution in [0.4, 0.5) is 5.82 Å². The van der Waals surface area contributed by atoms with Crippen molar-refractivity contribution in [1.82, 2.24) is 4.98 Å². The number of nitrogens with two attached hydrogens (primary N) is 1. The summed E-state index contributed by atoms with van der Waals surface area (Å²) in [7, 11) is 0. The van der Waals surface area contributed by atoms with Crippen LogP contribution in [0, 0.1) is 11.3 Å². The van der Waals surface area contributed by atoms with Crippen LogP contribution in [0.2, 0.25) is 5.02 Å². The Bertz CT molecular complexity index is 538. The van der Waals surface area contributed by atoms with Crippen molar-refractivity contribution in [3.05, 3.63) is 34.9 Å². The van der Waals surface area contributed by atoms with Gasteiger partial charge in [0.1, 0.15) is 5.82 Å². The van der Waals surface area contributed by atoms with Gasteiger partial charge in [0, 0.05) is 10.4 Å². The largest absolute Gasteiger partial charge is 0.384 e. The Labute approximate surface area is 85.7 Å². The van der Waals surface area contributed by atoms with Crippen molar-refractivity contribution >= 4 is 28.3 Å². The predicted molar refractivity (Wildman–Crippen MR) is 55.9 cm³/mol. The number of anilines is 1. The number of nitrogens with zero attached hydrogens (tertiary/aromatic N) is 2. The highest BCUT2D eigenvalue weighted by Crippen LogP contribution is 2.22. The first-order valence-corrected chi connectivity index (χ1v) is 4.34. The lowest BCUT2D eigenvalue weighted by Gasteiger charge is -2.01. The van der Waals surface area contributed by atoms with Crippen molar-refractivity contribution in [2.75, 3.05) is 5.73 Å². The Morgan fingerprint density at radius 1 is 1.36 bits per heavy atom. The SMILES string of the molecule is N#Cc1cc(N)nc2cc(Cl)ccc12. The van der Waals surface area contributed by atoms with E-state index < -0.39 is 0 Å². The van der Waals surface area contributed by atoms with Gasteiger partial charge in [-0.05, 0) is 24.3 Å². The van der Waals surface area contributed by atoms with Gasteiger partial charge in [-0.1, -0.05) is 11.6 Å². The molecule has 0 bridgehead atoms. The average Bonchev–Trinajstić information content (AvgIpc) is 2.15. The van der Waals surface area contributed by atoms with Gasteiger partial charge >= 0.3 is 0 Å². The highest BCUT2D eigenvalue weighted by atomic mass is 35.5. The van der Waals surface area contributed by atoms with Crippen molar-refractivity contribution < 1.29 is 0 Å². The van der Waals surface area contributed by atoms with Crippen LogP contribution in [-0.4, -0.2) is 4.98 Å². The maximum atomic E-state index is 8.86. The fourth-order valence-corrected chi connectivity index (χ4v) is 1.48. The lowest BCUT2D eigenvalue weighted by atomic mass is 10.1. The number of hydrogen-bond acceptors (Lipinski definition) is 3. The smallest absolute Gasteiger partial charge is 0.125 e. The third-order valence-corrected chi connectivity index (χ3v) is 2.15. The lowest BCUT2D eigenvalue weighted by Crippen LogP contribution is -1.92. The van der Waals surface area contributed by atoms with Crippen molar-refractivity contribution in [3.63, 3.8) is 0 Å². The monoisotopic (exact) mass is 203 g/mol. The van der Waals surface area contributed by atoms with Crippen LogP contribution >= 0.6 is 11.6 Å². The molecule has 2 rings (SSSR count). The van der Waals surface area contributed by atoms with Crippen molar-refractivity contribution in [3.8, 4) is 6.07 Å². The van der Waals surface area contributed by atoms with Crippen LogP contribution in [0.1, 0.15) is 5.56 Å². The van der Waals surface area contributed by atoms with Gasteiger partial charge < -0.3 is 5.73 Å². The standard InChI is InChI=1S/C10H6ClN3/c11-7-1-2-8-6(5-12)3-10(13)14-9(8)4-7/h1-4H,(H2,13,14). The number of rotatable bonds is 0. The van der Waals surface area contributed by atoms with E-state index in [0.29, 0.717) is 21.9 Å². The molecule has 0 saturated carbocycles. The van der Waals surface area contributed by atoms with Gasteiger partial charge in [0.15, 0.2) is 0 Å². The third-order valence-electron chi connectivity index (χ3n) is 1.91. The Morgan fingerprint density at radius 2 is 2.14 bits per heavy atom. The van der Waals surface area contributed by atoms with E-state index in [2.05, 4.69) is 11.1 Å². The summed E-state index contributed by atoms with van der Waals surface area (Å²) >= 11 is 5.80. The molecule has 0 aliphatic carbocycles. The van der Waals surface area contributed by atoms with Gasteiger partial charge in [0.05, 0.1) is 17.1 Å². The normalized spacial score (nSPS) is 10.0. The van der Waals surface area contributed by atoms with E-state index in [0.717, 1.165) is 5.39 Å². The number of benzene rings is 1. The molecule has 14 heavy (non-hydrogen) atoms. The molecule has 2 aromatic rings. The molecule has 0 fully saturated rings. The van der Waals surface area contributed by atoms with Crippen molar-refractivity contribution in [2.24, 2.45) is 0 Å². The first-order valence-electron chi connectivity index (χ1n) is 3.96. The first-order chi connectivity index (χ1) is 6.70. The van der Waals surface area contributed by atoms with Crippen LogP contribution in [-0.2, 0) is 0 Å². The molecule has 0 aliphatic heterocycles. The number of hydrogen-bond donors (Lipinski definition) is 1. The number of nitrogen functional groups attached to an aromatic ring is 1. The second-order valence-corrected chi connectivity index (χ2v) is 3.30. The zero-order chi connectivity index (χ0) is 10.1. The lowest BCUT2D eigenvalue weighted by molar-refractivity contribution is 1.39. The van der Waals surface area contributed by atoms with E-state index in [4.69, 9.17) is 22.6 Å². The molecular formula is C10H6ClN3. The maximum absolute atomic E-state index is 8.86. The number of pyridine rings is 1. The summed E-state index contributed by atoms with van der Waals surface area (Å²) in [6, 6.07) is 8.80. The molecule has 0 aliphatic rings. The zero-order valence-corrected chi connectivity index (χ0v) is 7.92. The van der Waals surface area contributed by atoms with E-state index in [1.807, 2.05) is 0 Å². The molecule has 0 saturated heterocycles. The molecule has 0 amide bonds. The summed E-state index contributed by atoms with van der Waals surface area (Å²) in [5.74, 6) is 0.330. The van der Waals surface area contributed by atoms with E-state index in [-0.39, 0.29) is 0 Å². The zero-order valence-electron chi connectivity index (χ0n) is 7.16. The Kier molecular flexibility index (Phi) is 1.99. The second kappa shape index (κ2) is 3.17. The van der Waals surface area contributed by atoms with E-state index in [9.17, 15) is 0 Å². The molecule has 1 aromatic heterocycles. The third kappa shape index (κ3) is 1.36. The van der Waals surface area contributed by atoms with Crippen molar-refractivity contribution in [1.29, 1.82) is 5.26 Å². The first kappa shape index (κ1) is 8.79. The molecular weight excluding hydrogens is 198 g/mol. The second-order valence-electron chi connectivity index (χ2n) is 2.87. The number of fused-ring (bicyclic) bond motifs is 1. The van der Waals surface area contributed by atoms with Gasteiger partial charge in [-0.3, -0.25) is 0 Å². The molecule has 2 N–H and O–H groups in total. The summed E-state index contributed by atoms with van der Waals surface area (Å²) in [6.07, 6.45) is 0. The molecule has 1 aromatic carbocycles. The minimum Gasteiger partial charge on any atom is -0.384 e. The molecule has 3 nitrogen and oxygen atoms in total. The molecule has 0 atom stereocenters. The number of nitriles is 1. The van der Waals surface area contributed by atoms with E-state index in [1.165, 1.54) is 0 Å². The number of aromatic nitrogens is 1. The van der Waals surface area contributed by atoms with Crippen LogP contribution < -0.4 is 5.73 Å². The quantitative estimate of drug-likeness (QED) is 0.715. The number of halogens is 1. The topological polar surface area (TPSA) is 62.7 Å². The van der Waals surface area contributed by atoms with Gasteiger partial charge in [-0.25, -0.2) is 4.98 Å². The van der Waals surface area contributed by atoms with Gasteiger partial charge in [-0.2, -0.15) is 5.26 Å². The highest BCUT2D eigenvalue weighted by molar-refractivity contribution is 6.31. The summed E-state index contributed by atoms with van der Waals surface area (Å²) < 4.78 is 0. The molecule has 68 valence electrons. The summed E-state index contributed by atoms with van der Waals surface area (Å²) in [5.41, 5.74) is 6.71. The van der Waals surface area contributed by atoms with Crippen LogP contribution in [0.25, 0.3) is 10.9 Å². The van der Waals surface area contributed by atoms with Crippen LogP contribution in [0.15, 0.2) is 24.3 Å². The van der Waals surface area contributed by atoms with E-state index >= 15 is 0 Å². The minimum absolute atomic E-state index is 0.330. The predicted octanol–water partition coefficient (Wildman–Crippen LogP) is 2.34. The maximum Gasteiger partial charge on any atom is 0.125 e. The van der Waals surface area contributed by atoms with Crippen molar-refractivity contribution in [2.45, 2.75) is 0 Å².